The molecule has 1 amide bonds. The van der Waals surface area contributed by atoms with Crippen molar-refractivity contribution in [1.82, 2.24) is 20.1 Å². The van der Waals surface area contributed by atoms with E-state index in [0.717, 1.165) is 11.4 Å². The first-order valence-electron chi connectivity index (χ1n) is 9.94. The fraction of sp³-hybridized carbons (Fsp3) is 0.261. The minimum absolute atomic E-state index is 0.0170. The number of carbonyl (C=O) groups excluding carboxylic acids is 1. The molecule has 3 rings (SSSR count). The van der Waals surface area contributed by atoms with Gasteiger partial charge in [-0.15, -0.1) is 16.8 Å². The van der Waals surface area contributed by atoms with E-state index < -0.39 is 0 Å². The number of allylic oxidation sites excluding steroid dienone is 1. The van der Waals surface area contributed by atoms with Gasteiger partial charge < -0.3 is 10.2 Å². The maximum Gasteiger partial charge on any atom is 0.230 e. The number of benzene rings is 2. The van der Waals surface area contributed by atoms with Crippen molar-refractivity contribution in [2.24, 2.45) is 0 Å². The van der Waals surface area contributed by atoms with Crippen LogP contribution in [-0.2, 0) is 11.3 Å². The molecule has 0 saturated heterocycles. The molecule has 1 atom stereocenters. The minimum atomic E-state index is -0.0170. The maximum absolute atomic E-state index is 12.5. The van der Waals surface area contributed by atoms with Crippen LogP contribution < -0.4 is 10.2 Å². The summed E-state index contributed by atoms with van der Waals surface area (Å²) < 4.78 is 1.98. The Labute approximate surface area is 182 Å². The number of hydrogen-bond donors (Lipinski definition) is 2. The molecule has 0 bridgehead atoms. The quantitative estimate of drug-likeness (QED) is 0.389. The molecule has 156 valence electrons. The van der Waals surface area contributed by atoms with Crippen LogP contribution in [-0.4, -0.2) is 47.1 Å². The van der Waals surface area contributed by atoms with E-state index in [4.69, 9.17) is 0 Å². The van der Waals surface area contributed by atoms with E-state index in [1.54, 1.807) is 0 Å². The molecule has 1 aromatic heterocycles. The second-order valence-corrected chi connectivity index (χ2v) is 8.15. The Bertz CT molecular complexity index is 956. The number of carbonyl (C=O) groups is 1. The second-order valence-electron chi connectivity index (χ2n) is 7.20. The molecule has 3 aromatic rings. The van der Waals surface area contributed by atoms with E-state index in [0.29, 0.717) is 18.2 Å². The predicted octanol–water partition coefficient (Wildman–Crippen LogP) is 2.23. The molecule has 6 nitrogen and oxygen atoms in total. The monoisotopic (exact) mass is 422 g/mol. The van der Waals surface area contributed by atoms with Crippen LogP contribution in [0.5, 0.6) is 0 Å². The fourth-order valence-corrected chi connectivity index (χ4v) is 4.01. The van der Waals surface area contributed by atoms with Gasteiger partial charge in [-0.1, -0.05) is 78.5 Å². The van der Waals surface area contributed by atoms with Gasteiger partial charge in [0.2, 0.25) is 5.91 Å². The molecule has 0 aliphatic carbocycles. The molecule has 2 aromatic carbocycles. The van der Waals surface area contributed by atoms with E-state index in [2.05, 4.69) is 48.3 Å². The number of nitrogens with one attached hydrogen (secondary N) is 2. The third kappa shape index (κ3) is 5.58. The lowest BCUT2D eigenvalue weighted by atomic mass is 10.1. The molecule has 0 radical (unpaired) electrons. The number of likely N-dealkylation sites (N-methyl/N-ethyl adjacent to an activating group) is 1. The zero-order valence-electron chi connectivity index (χ0n) is 17.4. The van der Waals surface area contributed by atoms with Gasteiger partial charge in [-0.3, -0.25) is 9.36 Å². The standard InChI is InChI=1S/C23H27N5OS/c1-4-15-28-22(19-13-9-6-10-14-19)25-26-23(28)30-17-21(29)24-16-20(27(2)3)18-11-7-5-8-12-18/h4-14,20H,1,15-17H2,2-3H3,(H,24,29)/p+1/t20-/m1/s1. The van der Waals surface area contributed by atoms with Crippen molar-refractivity contribution in [2.45, 2.75) is 17.7 Å². The summed E-state index contributed by atoms with van der Waals surface area (Å²) in [4.78, 5) is 13.8. The van der Waals surface area contributed by atoms with E-state index in [1.165, 1.54) is 22.2 Å². The van der Waals surface area contributed by atoms with E-state index >= 15 is 0 Å². The van der Waals surface area contributed by atoms with Crippen molar-refractivity contribution in [3.63, 3.8) is 0 Å². The van der Waals surface area contributed by atoms with Gasteiger partial charge in [-0.05, 0) is 0 Å². The van der Waals surface area contributed by atoms with Crippen molar-refractivity contribution >= 4 is 17.7 Å². The lowest BCUT2D eigenvalue weighted by molar-refractivity contribution is -0.890. The Morgan fingerprint density at radius 3 is 2.43 bits per heavy atom. The number of aromatic nitrogens is 3. The third-order valence-corrected chi connectivity index (χ3v) is 5.76. The number of nitrogens with zero attached hydrogens (tertiary/aromatic N) is 3. The van der Waals surface area contributed by atoms with Crippen LogP contribution >= 0.6 is 11.8 Å². The Morgan fingerprint density at radius 1 is 1.13 bits per heavy atom. The lowest BCUT2D eigenvalue weighted by Gasteiger charge is -2.22. The molecule has 0 saturated carbocycles. The summed E-state index contributed by atoms with van der Waals surface area (Å²) >= 11 is 1.39. The van der Waals surface area contributed by atoms with Gasteiger partial charge in [0.05, 0.1) is 26.4 Å². The predicted molar refractivity (Wildman–Crippen MR) is 121 cm³/mol. The van der Waals surface area contributed by atoms with Gasteiger partial charge in [0.25, 0.3) is 0 Å². The van der Waals surface area contributed by atoms with Gasteiger partial charge in [-0.25, -0.2) is 0 Å². The second kappa shape index (κ2) is 10.8. The highest BCUT2D eigenvalue weighted by Gasteiger charge is 2.19. The maximum atomic E-state index is 12.5. The summed E-state index contributed by atoms with van der Waals surface area (Å²) in [7, 11) is 4.20. The molecule has 2 N–H and O–H groups in total. The first-order chi connectivity index (χ1) is 14.6. The number of rotatable bonds is 10. The van der Waals surface area contributed by atoms with Crippen LogP contribution in [0, 0.1) is 0 Å². The van der Waals surface area contributed by atoms with E-state index in [9.17, 15) is 4.79 Å². The third-order valence-electron chi connectivity index (χ3n) is 4.80. The summed E-state index contributed by atoms with van der Waals surface area (Å²) in [5.41, 5.74) is 2.20. The van der Waals surface area contributed by atoms with Crippen molar-refractivity contribution in [3.8, 4) is 11.4 Å². The molecule has 30 heavy (non-hydrogen) atoms. The lowest BCUT2D eigenvalue weighted by Crippen LogP contribution is -3.07. The Balaban J connectivity index is 1.62. The van der Waals surface area contributed by atoms with Gasteiger partial charge in [0, 0.05) is 17.7 Å². The topological polar surface area (TPSA) is 64.2 Å². The summed E-state index contributed by atoms with van der Waals surface area (Å²) in [5, 5.41) is 12.4. The van der Waals surface area contributed by atoms with Gasteiger partial charge in [0.1, 0.15) is 6.04 Å². The minimum Gasteiger partial charge on any atom is -0.349 e. The van der Waals surface area contributed by atoms with E-state index in [-0.39, 0.29) is 17.7 Å². The van der Waals surface area contributed by atoms with Crippen LogP contribution in [0.4, 0.5) is 0 Å². The zero-order valence-corrected chi connectivity index (χ0v) is 18.2. The highest BCUT2D eigenvalue weighted by molar-refractivity contribution is 7.99. The first-order valence-corrected chi connectivity index (χ1v) is 10.9. The van der Waals surface area contributed by atoms with Gasteiger partial charge in [-0.2, -0.15) is 0 Å². The molecule has 1 heterocycles. The van der Waals surface area contributed by atoms with Crippen molar-refractivity contribution in [1.29, 1.82) is 0 Å². The number of quaternary nitrogens is 1. The number of hydrogen-bond acceptors (Lipinski definition) is 4. The number of amides is 1. The van der Waals surface area contributed by atoms with Crippen LogP contribution in [0.3, 0.4) is 0 Å². The largest absolute Gasteiger partial charge is 0.349 e. The summed E-state index contributed by atoms with van der Waals surface area (Å²) in [6.45, 7) is 5.00. The van der Waals surface area contributed by atoms with Crippen molar-refractivity contribution in [3.05, 3.63) is 78.9 Å². The van der Waals surface area contributed by atoms with Crippen LogP contribution in [0.1, 0.15) is 11.6 Å². The number of thioether (sulfide) groups is 1. The molecule has 0 fully saturated rings. The molecule has 0 aliphatic rings. The SMILES string of the molecule is C=CCn1c(SCC(=O)NC[C@H](c2ccccc2)[NH+](C)C)nnc1-c1ccccc1. The van der Waals surface area contributed by atoms with Crippen molar-refractivity contribution in [2.75, 3.05) is 26.4 Å². The van der Waals surface area contributed by atoms with E-state index in [1.807, 2.05) is 59.2 Å². The summed E-state index contributed by atoms with van der Waals surface area (Å²) in [6.07, 6.45) is 1.81. The average Bonchev–Trinajstić information content (AvgIpc) is 3.16. The average molecular weight is 423 g/mol. The molecule has 7 heteroatoms. The summed E-state index contributed by atoms with van der Waals surface area (Å²) in [5.74, 6) is 1.05. The Kier molecular flexibility index (Phi) is 7.82. The van der Waals surface area contributed by atoms with Gasteiger partial charge in [0.15, 0.2) is 11.0 Å². The molecular formula is C23H28N5OS+. The highest BCUT2D eigenvalue weighted by atomic mass is 32.2. The van der Waals surface area contributed by atoms with Crippen LogP contribution in [0.25, 0.3) is 11.4 Å². The van der Waals surface area contributed by atoms with Gasteiger partial charge >= 0.3 is 0 Å². The molecule has 0 spiro atoms. The molecule has 0 aliphatic heterocycles. The van der Waals surface area contributed by atoms with Crippen LogP contribution in [0.15, 0.2) is 78.5 Å². The Hall–Kier alpha value is -2.90. The Morgan fingerprint density at radius 2 is 1.80 bits per heavy atom. The normalized spacial score (nSPS) is 12.0. The smallest absolute Gasteiger partial charge is 0.230 e. The summed E-state index contributed by atoms with van der Waals surface area (Å²) in [6, 6.07) is 20.4. The molecular weight excluding hydrogens is 394 g/mol. The van der Waals surface area contributed by atoms with Crippen molar-refractivity contribution < 1.29 is 9.69 Å². The van der Waals surface area contributed by atoms with Crippen LogP contribution in [0.2, 0.25) is 0 Å². The highest BCUT2D eigenvalue weighted by Crippen LogP contribution is 2.23. The fourth-order valence-electron chi connectivity index (χ4n) is 3.23. The molecule has 0 unspecified atom stereocenters. The first kappa shape index (κ1) is 21.8. The zero-order chi connectivity index (χ0) is 21.3.